The van der Waals surface area contributed by atoms with Crippen molar-refractivity contribution in [3.05, 3.63) is 47.3 Å². The third-order valence-corrected chi connectivity index (χ3v) is 2.64. The molecule has 0 aliphatic heterocycles. The summed E-state index contributed by atoms with van der Waals surface area (Å²) in [6, 6.07) is 8.68. The Hall–Kier alpha value is -3.07. The molecular weight excluding hydrogens is 282 g/mol. The van der Waals surface area contributed by atoms with Crippen molar-refractivity contribution in [3.63, 3.8) is 0 Å². The highest BCUT2D eigenvalue weighted by Crippen LogP contribution is 2.08. The van der Waals surface area contributed by atoms with Gasteiger partial charge in [-0.1, -0.05) is 17.0 Å². The molecular formula is C16H15N3O3. The number of benzene rings is 1. The molecule has 2 amide bonds. The van der Waals surface area contributed by atoms with Gasteiger partial charge in [0.15, 0.2) is 5.69 Å². The van der Waals surface area contributed by atoms with Crippen molar-refractivity contribution >= 4 is 17.5 Å². The summed E-state index contributed by atoms with van der Waals surface area (Å²) in [6.45, 7) is 3.37. The molecule has 0 radical (unpaired) electrons. The van der Waals surface area contributed by atoms with Crippen LogP contribution in [0.25, 0.3) is 0 Å². The van der Waals surface area contributed by atoms with E-state index in [-0.39, 0.29) is 24.1 Å². The number of nitrogens with zero attached hydrogens (tertiary/aromatic N) is 1. The lowest BCUT2D eigenvalue weighted by atomic mass is 10.2. The molecule has 0 saturated carbocycles. The zero-order valence-corrected chi connectivity index (χ0v) is 12.3. The first-order valence-corrected chi connectivity index (χ1v) is 6.62. The molecule has 2 rings (SSSR count). The number of nitrogens with one attached hydrogen (secondary N) is 2. The first-order valence-electron chi connectivity index (χ1n) is 6.62. The number of aromatic nitrogens is 1. The van der Waals surface area contributed by atoms with Crippen molar-refractivity contribution in [2.24, 2.45) is 0 Å². The zero-order chi connectivity index (χ0) is 15.9. The molecule has 0 bridgehead atoms. The largest absolute Gasteiger partial charge is 0.361 e. The van der Waals surface area contributed by atoms with Crippen LogP contribution in [0.2, 0.25) is 0 Å². The second-order valence-corrected chi connectivity index (χ2v) is 4.57. The lowest BCUT2D eigenvalue weighted by molar-refractivity contribution is -0.114. The molecule has 112 valence electrons. The maximum atomic E-state index is 11.7. The Morgan fingerprint density at radius 3 is 2.59 bits per heavy atom. The highest BCUT2D eigenvalue weighted by atomic mass is 16.5. The fourth-order valence-electron chi connectivity index (χ4n) is 1.67. The van der Waals surface area contributed by atoms with Gasteiger partial charge in [-0.2, -0.15) is 0 Å². The van der Waals surface area contributed by atoms with Crippen LogP contribution in [-0.4, -0.2) is 23.5 Å². The molecule has 1 aromatic heterocycles. The van der Waals surface area contributed by atoms with Crippen LogP contribution in [0.3, 0.4) is 0 Å². The Balaban J connectivity index is 1.86. The smallest absolute Gasteiger partial charge is 0.274 e. The van der Waals surface area contributed by atoms with Crippen LogP contribution in [0.4, 0.5) is 5.69 Å². The first kappa shape index (κ1) is 15.3. The van der Waals surface area contributed by atoms with E-state index in [1.807, 2.05) is 0 Å². The average molecular weight is 297 g/mol. The zero-order valence-electron chi connectivity index (χ0n) is 12.3. The standard InChI is InChI=1S/C16H15N3O3/c1-11-10-15(19-22-11)16(21)17-9-3-4-13-5-7-14(8-6-13)18-12(2)20/h5-8,10H,9H2,1-2H3,(H,17,21)(H,18,20). The minimum atomic E-state index is -0.327. The molecule has 0 aliphatic carbocycles. The van der Waals surface area contributed by atoms with E-state index in [1.54, 1.807) is 37.3 Å². The summed E-state index contributed by atoms with van der Waals surface area (Å²) >= 11 is 0. The maximum Gasteiger partial charge on any atom is 0.274 e. The topological polar surface area (TPSA) is 84.2 Å². The van der Waals surface area contributed by atoms with Gasteiger partial charge in [0.2, 0.25) is 5.91 Å². The molecule has 0 unspecified atom stereocenters. The van der Waals surface area contributed by atoms with Crippen LogP contribution >= 0.6 is 0 Å². The van der Waals surface area contributed by atoms with E-state index >= 15 is 0 Å². The van der Waals surface area contributed by atoms with Crippen LogP contribution in [0.1, 0.15) is 28.7 Å². The van der Waals surface area contributed by atoms with Gasteiger partial charge in [-0.25, -0.2) is 0 Å². The second-order valence-electron chi connectivity index (χ2n) is 4.57. The molecule has 2 N–H and O–H groups in total. The molecule has 0 aliphatic rings. The summed E-state index contributed by atoms with van der Waals surface area (Å²) in [4.78, 5) is 22.6. The fraction of sp³-hybridized carbons (Fsp3) is 0.188. The van der Waals surface area contributed by atoms with Crippen molar-refractivity contribution < 1.29 is 14.1 Å². The Morgan fingerprint density at radius 2 is 2.00 bits per heavy atom. The molecule has 22 heavy (non-hydrogen) atoms. The third kappa shape index (κ3) is 4.49. The fourth-order valence-corrected chi connectivity index (χ4v) is 1.67. The lowest BCUT2D eigenvalue weighted by Gasteiger charge is -2.00. The summed E-state index contributed by atoms with van der Waals surface area (Å²) in [6.07, 6.45) is 0. The molecule has 6 nitrogen and oxygen atoms in total. The number of amides is 2. The monoisotopic (exact) mass is 297 g/mol. The SMILES string of the molecule is CC(=O)Nc1ccc(C#CCNC(=O)c2cc(C)on2)cc1. The minimum Gasteiger partial charge on any atom is -0.361 e. The van der Waals surface area contributed by atoms with E-state index in [1.165, 1.54) is 6.92 Å². The van der Waals surface area contributed by atoms with E-state index in [0.29, 0.717) is 11.4 Å². The molecule has 2 aromatic rings. The van der Waals surface area contributed by atoms with E-state index in [4.69, 9.17) is 4.52 Å². The van der Waals surface area contributed by atoms with Crippen molar-refractivity contribution in [2.75, 3.05) is 11.9 Å². The van der Waals surface area contributed by atoms with Crippen LogP contribution in [0, 0.1) is 18.8 Å². The first-order chi connectivity index (χ1) is 10.5. The number of aryl methyl sites for hydroxylation is 1. The van der Waals surface area contributed by atoms with Gasteiger partial charge >= 0.3 is 0 Å². The Bertz CT molecular complexity index is 736. The Kier molecular flexibility index (Phi) is 4.94. The van der Waals surface area contributed by atoms with E-state index in [9.17, 15) is 9.59 Å². The van der Waals surface area contributed by atoms with Gasteiger partial charge in [-0.3, -0.25) is 9.59 Å². The normalized spacial score (nSPS) is 9.55. The highest BCUT2D eigenvalue weighted by Gasteiger charge is 2.08. The van der Waals surface area contributed by atoms with Gasteiger partial charge < -0.3 is 15.2 Å². The highest BCUT2D eigenvalue weighted by molar-refractivity contribution is 5.92. The molecule has 1 aromatic carbocycles. The molecule has 0 saturated heterocycles. The average Bonchev–Trinajstić information content (AvgIpc) is 2.91. The number of hydrogen-bond donors (Lipinski definition) is 2. The number of carbonyl (C=O) groups excluding carboxylic acids is 2. The quantitative estimate of drug-likeness (QED) is 0.845. The van der Waals surface area contributed by atoms with Gasteiger partial charge in [0.1, 0.15) is 5.76 Å². The Labute approximate surface area is 127 Å². The van der Waals surface area contributed by atoms with Gasteiger partial charge in [-0.15, -0.1) is 0 Å². The Morgan fingerprint density at radius 1 is 1.27 bits per heavy atom. The van der Waals surface area contributed by atoms with Crippen LogP contribution in [0.5, 0.6) is 0 Å². The van der Waals surface area contributed by atoms with Gasteiger partial charge in [0, 0.05) is 24.2 Å². The predicted molar refractivity (Wildman–Crippen MR) is 81.2 cm³/mol. The summed E-state index contributed by atoms with van der Waals surface area (Å²) in [5, 5.41) is 8.92. The van der Waals surface area contributed by atoms with Crippen molar-refractivity contribution in [2.45, 2.75) is 13.8 Å². The molecule has 6 heteroatoms. The van der Waals surface area contributed by atoms with E-state index in [0.717, 1.165) is 5.56 Å². The van der Waals surface area contributed by atoms with Crippen LogP contribution in [-0.2, 0) is 4.79 Å². The summed E-state index contributed by atoms with van der Waals surface area (Å²) in [5.41, 5.74) is 1.74. The van der Waals surface area contributed by atoms with Crippen molar-refractivity contribution in [1.82, 2.24) is 10.5 Å². The van der Waals surface area contributed by atoms with Crippen molar-refractivity contribution in [1.29, 1.82) is 0 Å². The van der Waals surface area contributed by atoms with Gasteiger partial charge in [-0.05, 0) is 31.2 Å². The summed E-state index contributed by atoms with van der Waals surface area (Å²) in [7, 11) is 0. The molecule has 0 fully saturated rings. The van der Waals surface area contributed by atoms with Crippen LogP contribution in [0.15, 0.2) is 34.9 Å². The van der Waals surface area contributed by atoms with Crippen molar-refractivity contribution in [3.8, 4) is 11.8 Å². The maximum absolute atomic E-state index is 11.7. The summed E-state index contributed by atoms with van der Waals surface area (Å²) < 4.78 is 4.82. The summed E-state index contributed by atoms with van der Waals surface area (Å²) in [5.74, 6) is 5.89. The predicted octanol–water partition coefficient (Wildman–Crippen LogP) is 1.72. The number of rotatable bonds is 3. The van der Waals surface area contributed by atoms with Gasteiger partial charge in [0.25, 0.3) is 5.91 Å². The lowest BCUT2D eigenvalue weighted by Crippen LogP contribution is -2.23. The second kappa shape index (κ2) is 7.09. The molecule has 0 atom stereocenters. The molecule has 0 spiro atoms. The van der Waals surface area contributed by atoms with E-state index in [2.05, 4.69) is 27.6 Å². The van der Waals surface area contributed by atoms with Crippen LogP contribution < -0.4 is 10.6 Å². The molecule has 1 heterocycles. The van der Waals surface area contributed by atoms with E-state index < -0.39 is 0 Å². The minimum absolute atomic E-state index is 0.121. The number of carbonyl (C=O) groups is 2. The number of anilines is 1. The van der Waals surface area contributed by atoms with Gasteiger partial charge in [0.05, 0.1) is 6.54 Å². The third-order valence-electron chi connectivity index (χ3n) is 2.64. The number of hydrogen-bond acceptors (Lipinski definition) is 4.